The molecule has 7 heteroatoms. The van der Waals surface area contributed by atoms with Crippen LogP contribution in [-0.2, 0) is 4.79 Å². The summed E-state index contributed by atoms with van der Waals surface area (Å²) in [4.78, 5) is 28.9. The van der Waals surface area contributed by atoms with E-state index in [1.165, 1.54) is 0 Å². The molecule has 1 saturated heterocycles. The summed E-state index contributed by atoms with van der Waals surface area (Å²) in [5, 5.41) is 3.66. The molecule has 0 bridgehead atoms. The van der Waals surface area contributed by atoms with E-state index in [-0.39, 0.29) is 11.8 Å². The number of benzene rings is 2. The molecule has 1 aliphatic rings. The zero-order chi connectivity index (χ0) is 21.0. The van der Waals surface area contributed by atoms with E-state index in [1.54, 1.807) is 18.2 Å². The number of nitrogens with one attached hydrogen (secondary N) is 1. The molecule has 1 fully saturated rings. The van der Waals surface area contributed by atoms with Crippen molar-refractivity contribution in [1.82, 2.24) is 4.90 Å². The van der Waals surface area contributed by atoms with Crippen LogP contribution in [-0.4, -0.2) is 42.9 Å². The molecule has 2 aromatic carbocycles. The maximum atomic E-state index is 12.4. The monoisotopic (exact) mass is 433 g/mol. The summed E-state index contributed by atoms with van der Waals surface area (Å²) >= 11 is 12.0. The normalized spacial score (nSPS) is 14.2. The molecule has 1 aliphatic heterocycles. The van der Waals surface area contributed by atoms with Crippen LogP contribution in [0, 0.1) is 5.92 Å². The predicted octanol–water partition coefficient (Wildman–Crippen LogP) is 4.94. The van der Waals surface area contributed by atoms with Crippen molar-refractivity contribution in [3.05, 3.63) is 58.1 Å². The Bertz CT molecular complexity index is 876. The van der Waals surface area contributed by atoms with Gasteiger partial charge in [0.05, 0.1) is 10.6 Å². The smallest absolute Gasteiger partial charge is 0.257 e. The second kappa shape index (κ2) is 9.51. The predicted molar refractivity (Wildman–Crippen MR) is 119 cm³/mol. The first-order valence-electron chi connectivity index (χ1n) is 9.72. The van der Waals surface area contributed by atoms with Crippen LogP contribution in [0.3, 0.4) is 0 Å². The number of carbonyl (C=O) groups is 2. The van der Waals surface area contributed by atoms with E-state index in [1.807, 2.05) is 29.2 Å². The average molecular weight is 434 g/mol. The minimum absolute atomic E-state index is 0.234. The van der Waals surface area contributed by atoms with Gasteiger partial charge >= 0.3 is 0 Å². The summed E-state index contributed by atoms with van der Waals surface area (Å²) in [6.45, 7) is 7.19. The topological polar surface area (TPSA) is 52.7 Å². The largest absolute Gasteiger partial charge is 0.368 e. The molecule has 3 rings (SSSR count). The zero-order valence-corrected chi connectivity index (χ0v) is 18.1. The van der Waals surface area contributed by atoms with Crippen molar-refractivity contribution in [2.75, 3.05) is 36.4 Å². The fraction of sp³-hybridized carbons (Fsp3) is 0.364. The van der Waals surface area contributed by atoms with Gasteiger partial charge in [0.2, 0.25) is 5.91 Å². The summed E-state index contributed by atoms with van der Waals surface area (Å²) in [6, 6.07) is 12.5. The van der Waals surface area contributed by atoms with Crippen molar-refractivity contribution in [1.29, 1.82) is 0 Å². The Morgan fingerprint density at radius 1 is 1.00 bits per heavy atom. The lowest BCUT2D eigenvalue weighted by molar-refractivity contribution is -0.132. The van der Waals surface area contributed by atoms with Crippen molar-refractivity contribution >= 4 is 46.4 Å². The molecule has 0 spiro atoms. The molecule has 1 heterocycles. The van der Waals surface area contributed by atoms with Gasteiger partial charge in [0.15, 0.2) is 0 Å². The highest BCUT2D eigenvalue weighted by atomic mass is 35.5. The Morgan fingerprint density at radius 2 is 1.66 bits per heavy atom. The van der Waals surface area contributed by atoms with E-state index in [0.717, 1.165) is 31.9 Å². The van der Waals surface area contributed by atoms with E-state index < -0.39 is 0 Å². The number of rotatable bonds is 5. The first-order chi connectivity index (χ1) is 13.8. The summed E-state index contributed by atoms with van der Waals surface area (Å²) < 4.78 is 0. The highest BCUT2D eigenvalue weighted by Crippen LogP contribution is 2.24. The van der Waals surface area contributed by atoms with Crippen LogP contribution in [0.1, 0.15) is 30.6 Å². The van der Waals surface area contributed by atoms with Crippen LogP contribution in [0.25, 0.3) is 0 Å². The summed E-state index contributed by atoms with van der Waals surface area (Å²) in [5.74, 6) is 0.310. The third-order valence-electron chi connectivity index (χ3n) is 4.88. The number of piperazine rings is 1. The molecular weight excluding hydrogens is 409 g/mol. The summed E-state index contributed by atoms with van der Waals surface area (Å²) in [5.41, 5.74) is 2.09. The van der Waals surface area contributed by atoms with Gasteiger partial charge in [-0.1, -0.05) is 37.0 Å². The molecule has 2 aromatic rings. The summed E-state index contributed by atoms with van der Waals surface area (Å²) in [6.07, 6.45) is 0.602. The number of anilines is 2. The van der Waals surface area contributed by atoms with E-state index >= 15 is 0 Å². The lowest BCUT2D eigenvalue weighted by Crippen LogP contribution is -2.49. The van der Waals surface area contributed by atoms with Crippen molar-refractivity contribution in [2.45, 2.75) is 20.3 Å². The van der Waals surface area contributed by atoms with Crippen LogP contribution >= 0.6 is 23.2 Å². The fourth-order valence-corrected chi connectivity index (χ4v) is 3.69. The molecule has 0 unspecified atom stereocenters. The molecule has 29 heavy (non-hydrogen) atoms. The van der Waals surface area contributed by atoms with Crippen molar-refractivity contribution < 1.29 is 9.59 Å². The van der Waals surface area contributed by atoms with Crippen molar-refractivity contribution in [2.24, 2.45) is 5.92 Å². The van der Waals surface area contributed by atoms with Crippen molar-refractivity contribution in [3.8, 4) is 0 Å². The maximum Gasteiger partial charge on any atom is 0.257 e. The van der Waals surface area contributed by atoms with Gasteiger partial charge in [-0.25, -0.2) is 0 Å². The highest BCUT2D eigenvalue weighted by Gasteiger charge is 2.21. The highest BCUT2D eigenvalue weighted by molar-refractivity contribution is 6.36. The van der Waals surface area contributed by atoms with E-state index in [9.17, 15) is 9.59 Å². The molecule has 0 atom stereocenters. The molecular formula is C22H25Cl2N3O2. The van der Waals surface area contributed by atoms with Gasteiger partial charge in [0.25, 0.3) is 5.91 Å². The van der Waals surface area contributed by atoms with Gasteiger partial charge in [-0.05, 0) is 48.4 Å². The number of nitrogens with zero attached hydrogens (tertiary/aromatic N) is 2. The Kier molecular flexibility index (Phi) is 7.04. The standard InChI is InChI=1S/C22H25Cl2N3O2/c1-15(2)13-21(28)27-11-9-26(10-12-27)18-6-4-17(5-7-18)25-22(29)19-14-16(23)3-8-20(19)24/h3-8,14-15H,9-13H2,1-2H3,(H,25,29). The average Bonchev–Trinajstić information content (AvgIpc) is 2.70. The number of hydrogen-bond acceptors (Lipinski definition) is 3. The van der Waals surface area contributed by atoms with Crippen LogP contribution in [0.5, 0.6) is 0 Å². The first-order valence-corrected chi connectivity index (χ1v) is 10.5. The maximum absolute atomic E-state index is 12.4. The van der Waals surface area contributed by atoms with Gasteiger partial charge < -0.3 is 15.1 Å². The Morgan fingerprint density at radius 3 is 2.28 bits per heavy atom. The lowest BCUT2D eigenvalue weighted by Gasteiger charge is -2.36. The molecule has 0 aromatic heterocycles. The number of hydrogen-bond donors (Lipinski definition) is 1. The number of halogens is 2. The van der Waals surface area contributed by atoms with E-state index in [2.05, 4.69) is 24.1 Å². The fourth-order valence-electron chi connectivity index (χ4n) is 3.32. The van der Waals surface area contributed by atoms with Gasteiger partial charge in [0.1, 0.15) is 0 Å². The third-order valence-corrected chi connectivity index (χ3v) is 5.44. The second-order valence-electron chi connectivity index (χ2n) is 7.59. The Hall–Kier alpha value is -2.24. The Labute approximate surface area is 181 Å². The molecule has 5 nitrogen and oxygen atoms in total. The lowest BCUT2D eigenvalue weighted by atomic mass is 10.1. The molecule has 154 valence electrons. The molecule has 2 amide bonds. The van der Waals surface area contributed by atoms with Gasteiger partial charge in [-0.15, -0.1) is 0 Å². The Balaban J connectivity index is 1.57. The summed E-state index contributed by atoms with van der Waals surface area (Å²) in [7, 11) is 0. The van der Waals surface area contributed by atoms with Crippen LogP contribution in [0.4, 0.5) is 11.4 Å². The van der Waals surface area contributed by atoms with Crippen LogP contribution in [0.2, 0.25) is 10.0 Å². The molecule has 0 aliphatic carbocycles. The number of carbonyl (C=O) groups excluding carboxylic acids is 2. The van der Waals surface area contributed by atoms with Crippen LogP contribution in [0.15, 0.2) is 42.5 Å². The van der Waals surface area contributed by atoms with Gasteiger partial charge in [0, 0.05) is 49.0 Å². The SMILES string of the molecule is CC(C)CC(=O)N1CCN(c2ccc(NC(=O)c3cc(Cl)ccc3Cl)cc2)CC1. The minimum Gasteiger partial charge on any atom is -0.368 e. The molecule has 0 saturated carbocycles. The first kappa shape index (κ1) is 21.5. The molecule has 0 radical (unpaired) electrons. The molecule has 1 N–H and O–H groups in total. The third kappa shape index (κ3) is 5.64. The van der Waals surface area contributed by atoms with Crippen molar-refractivity contribution in [3.63, 3.8) is 0 Å². The quantitative estimate of drug-likeness (QED) is 0.725. The number of amides is 2. The van der Waals surface area contributed by atoms with E-state index in [4.69, 9.17) is 23.2 Å². The minimum atomic E-state index is -0.303. The van der Waals surface area contributed by atoms with Crippen LogP contribution < -0.4 is 10.2 Å². The van der Waals surface area contributed by atoms with Gasteiger partial charge in [-0.2, -0.15) is 0 Å². The second-order valence-corrected chi connectivity index (χ2v) is 8.43. The van der Waals surface area contributed by atoms with Gasteiger partial charge in [-0.3, -0.25) is 9.59 Å². The zero-order valence-electron chi connectivity index (χ0n) is 16.6. The van der Waals surface area contributed by atoms with E-state index in [0.29, 0.717) is 33.6 Å².